The molecule has 0 aliphatic carbocycles. The summed E-state index contributed by atoms with van der Waals surface area (Å²) in [6.45, 7) is 5.45. The number of amides is 1. The van der Waals surface area contributed by atoms with Crippen molar-refractivity contribution in [3.8, 4) is 5.75 Å². The summed E-state index contributed by atoms with van der Waals surface area (Å²) in [5.74, 6) is 0.835. The lowest BCUT2D eigenvalue weighted by Gasteiger charge is -2.17. The lowest BCUT2D eigenvalue weighted by Crippen LogP contribution is -2.32. The van der Waals surface area contributed by atoms with E-state index < -0.39 is 10.8 Å². The SMILES string of the molecule is CCN(C)C(=O)n1c(S(=O)Cc2nccc(OCCCOC)c2C)nc2ccccc21. The topological polar surface area (TPSA) is 86.6 Å². The van der Waals surface area contributed by atoms with Crippen molar-refractivity contribution >= 4 is 27.9 Å². The number of para-hydroxylation sites is 2. The Balaban J connectivity index is 1.90. The van der Waals surface area contributed by atoms with E-state index in [1.807, 2.05) is 38.1 Å². The van der Waals surface area contributed by atoms with Gasteiger partial charge in [0.2, 0.25) is 5.16 Å². The van der Waals surface area contributed by atoms with E-state index in [0.29, 0.717) is 42.2 Å². The van der Waals surface area contributed by atoms with Crippen molar-refractivity contribution < 1.29 is 18.5 Å². The summed E-state index contributed by atoms with van der Waals surface area (Å²) >= 11 is 0. The van der Waals surface area contributed by atoms with Crippen molar-refractivity contribution in [1.82, 2.24) is 19.4 Å². The predicted molar refractivity (Wildman–Crippen MR) is 120 cm³/mol. The molecule has 0 fully saturated rings. The molecule has 8 nitrogen and oxygen atoms in total. The zero-order valence-electron chi connectivity index (χ0n) is 18.3. The fourth-order valence-corrected chi connectivity index (χ4v) is 4.33. The fourth-order valence-electron chi connectivity index (χ4n) is 3.08. The number of imidazole rings is 1. The lowest BCUT2D eigenvalue weighted by atomic mass is 10.2. The second kappa shape index (κ2) is 10.5. The minimum absolute atomic E-state index is 0.132. The van der Waals surface area contributed by atoms with Crippen molar-refractivity contribution in [3.63, 3.8) is 0 Å². The minimum Gasteiger partial charge on any atom is -0.493 e. The van der Waals surface area contributed by atoms with Gasteiger partial charge in [-0.15, -0.1) is 0 Å². The van der Waals surface area contributed by atoms with Gasteiger partial charge in [0, 0.05) is 45.5 Å². The third-order valence-corrected chi connectivity index (χ3v) is 6.22. The van der Waals surface area contributed by atoms with Crippen LogP contribution in [-0.4, -0.2) is 63.6 Å². The van der Waals surface area contributed by atoms with E-state index in [1.165, 1.54) is 4.57 Å². The third kappa shape index (κ3) is 5.11. The summed E-state index contributed by atoms with van der Waals surface area (Å²) < 4.78 is 25.6. The van der Waals surface area contributed by atoms with Crippen LogP contribution < -0.4 is 4.74 Å². The van der Waals surface area contributed by atoms with E-state index in [0.717, 1.165) is 12.0 Å². The summed E-state index contributed by atoms with van der Waals surface area (Å²) in [5.41, 5.74) is 2.74. The number of methoxy groups -OCH3 is 1. The van der Waals surface area contributed by atoms with Gasteiger partial charge in [-0.1, -0.05) is 12.1 Å². The first-order valence-electron chi connectivity index (χ1n) is 10.2. The highest BCUT2D eigenvalue weighted by Gasteiger charge is 2.24. The molecule has 1 amide bonds. The molecule has 3 rings (SSSR count). The number of ether oxygens (including phenoxy) is 2. The van der Waals surface area contributed by atoms with Gasteiger partial charge in [-0.2, -0.15) is 0 Å². The average Bonchev–Trinajstić information content (AvgIpc) is 3.17. The van der Waals surface area contributed by atoms with E-state index in [2.05, 4.69) is 9.97 Å². The lowest BCUT2D eigenvalue weighted by molar-refractivity contribution is 0.172. The van der Waals surface area contributed by atoms with Crippen LogP contribution in [0.2, 0.25) is 0 Å². The number of pyridine rings is 1. The molecule has 31 heavy (non-hydrogen) atoms. The molecule has 166 valence electrons. The maximum Gasteiger partial charge on any atom is 0.330 e. The molecule has 0 saturated carbocycles. The molecule has 9 heteroatoms. The minimum atomic E-state index is -1.58. The summed E-state index contributed by atoms with van der Waals surface area (Å²) in [4.78, 5) is 23.5. The Bertz CT molecular complexity index is 1080. The molecule has 3 aromatic rings. The Kier molecular flexibility index (Phi) is 7.75. The van der Waals surface area contributed by atoms with Crippen LogP contribution in [0.25, 0.3) is 11.0 Å². The van der Waals surface area contributed by atoms with Crippen molar-refractivity contribution in [2.24, 2.45) is 0 Å². The van der Waals surface area contributed by atoms with Crippen LogP contribution in [0.15, 0.2) is 41.7 Å². The van der Waals surface area contributed by atoms with Gasteiger partial charge >= 0.3 is 6.03 Å². The van der Waals surface area contributed by atoms with Crippen molar-refractivity contribution in [2.75, 3.05) is 33.9 Å². The van der Waals surface area contributed by atoms with Gasteiger partial charge in [0.15, 0.2) is 0 Å². The number of carbonyl (C=O) groups is 1. The van der Waals surface area contributed by atoms with Crippen molar-refractivity contribution in [3.05, 3.63) is 47.8 Å². The Morgan fingerprint density at radius 3 is 2.74 bits per heavy atom. The maximum atomic E-state index is 13.3. The molecule has 0 bridgehead atoms. The highest BCUT2D eigenvalue weighted by Crippen LogP contribution is 2.24. The Morgan fingerprint density at radius 2 is 2.00 bits per heavy atom. The summed E-state index contributed by atoms with van der Waals surface area (Å²) in [7, 11) is 1.78. The molecular weight excluding hydrogens is 416 g/mol. The molecule has 0 radical (unpaired) electrons. The summed E-state index contributed by atoms with van der Waals surface area (Å²) in [6, 6.07) is 8.83. The average molecular weight is 445 g/mol. The molecule has 1 unspecified atom stereocenters. The third-order valence-electron chi connectivity index (χ3n) is 5.00. The normalized spacial score (nSPS) is 12.1. The molecule has 0 saturated heterocycles. The monoisotopic (exact) mass is 444 g/mol. The van der Waals surface area contributed by atoms with Gasteiger partial charge in [-0.05, 0) is 32.0 Å². The highest BCUT2D eigenvalue weighted by molar-refractivity contribution is 7.84. The maximum absolute atomic E-state index is 13.3. The number of rotatable bonds is 9. The molecule has 0 aliphatic rings. The van der Waals surface area contributed by atoms with Crippen LogP contribution in [0, 0.1) is 6.92 Å². The van der Waals surface area contributed by atoms with Crippen molar-refractivity contribution in [1.29, 1.82) is 0 Å². The van der Waals surface area contributed by atoms with Gasteiger partial charge in [0.25, 0.3) is 0 Å². The fraction of sp³-hybridized carbons (Fsp3) is 0.409. The number of aromatic nitrogens is 3. The molecular formula is C22H28N4O4S. The number of hydrogen-bond acceptors (Lipinski definition) is 6. The highest BCUT2D eigenvalue weighted by atomic mass is 32.2. The second-order valence-corrected chi connectivity index (χ2v) is 8.43. The zero-order valence-corrected chi connectivity index (χ0v) is 19.1. The van der Waals surface area contributed by atoms with Crippen LogP contribution in [0.3, 0.4) is 0 Å². The first-order valence-corrected chi connectivity index (χ1v) is 11.5. The molecule has 2 heterocycles. The van der Waals surface area contributed by atoms with Gasteiger partial charge in [-0.25, -0.2) is 14.3 Å². The number of hydrogen-bond donors (Lipinski definition) is 0. The Morgan fingerprint density at radius 1 is 1.23 bits per heavy atom. The molecule has 0 aliphatic heterocycles. The van der Waals surface area contributed by atoms with Crippen LogP contribution in [0.5, 0.6) is 5.75 Å². The van der Waals surface area contributed by atoms with Crippen LogP contribution in [0.4, 0.5) is 4.79 Å². The van der Waals surface area contributed by atoms with Gasteiger partial charge in [0.1, 0.15) is 5.75 Å². The van der Waals surface area contributed by atoms with E-state index in [1.54, 1.807) is 31.3 Å². The van der Waals surface area contributed by atoms with Crippen LogP contribution in [0.1, 0.15) is 24.6 Å². The number of nitrogens with zero attached hydrogens (tertiary/aromatic N) is 4. The first-order chi connectivity index (χ1) is 15.0. The quantitative estimate of drug-likeness (QED) is 0.470. The Labute approximate surface area is 184 Å². The van der Waals surface area contributed by atoms with E-state index in [-0.39, 0.29) is 16.9 Å². The number of benzene rings is 1. The van der Waals surface area contributed by atoms with E-state index >= 15 is 0 Å². The summed E-state index contributed by atoms with van der Waals surface area (Å²) in [5, 5.41) is 0.221. The van der Waals surface area contributed by atoms with Gasteiger partial charge in [0.05, 0.1) is 39.9 Å². The molecule has 2 aromatic heterocycles. The number of carbonyl (C=O) groups excluding carboxylic acids is 1. The largest absolute Gasteiger partial charge is 0.493 e. The van der Waals surface area contributed by atoms with Crippen LogP contribution in [-0.2, 0) is 21.3 Å². The first kappa shape index (κ1) is 22.9. The Hall–Kier alpha value is -2.78. The van der Waals surface area contributed by atoms with Crippen molar-refractivity contribution in [2.45, 2.75) is 31.2 Å². The standard InChI is InChI=1S/C22H28N4O4S/c1-5-25(3)22(27)26-19-10-7-6-9-17(19)24-21(26)31(28)15-18-16(2)20(11-12-23-18)30-14-8-13-29-4/h6-7,9-12H,5,8,13-15H2,1-4H3. The number of fused-ring (bicyclic) bond motifs is 1. The van der Waals surface area contributed by atoms with E-state index in [4.69, 9.17) is 9.47 Å². The molecule has 0 N–H and O–H groups in total. The van der Waals surface area contributed by atoms with Crippen LogP contribution >= 0.6 is 0 Å². The van der Waals surface area contributed by atoms with Gasteiger partial charge < -0.3 is 14.4 Å². The molecule has 0 spiro atoms. The second-order valence-electron chi connectivity index (χ2n) is 7.08. The molecule has 1 aromatic carbocycles. The van der Waals surface area contributed by atoms with Gasteiger partial charge in [-0.3, -0.25) is 9.19 Å². The predicted octanol–water partition coefficient (Wildman–Crippen LogP) is 3.38. The van der Waals surface area contributed by atoms with E-state index in [9.17, 15) is 9.00 Å². The zero-order chi connectivity index (χ0) is 22.4. The molecule has 1 atom stereocenters. The summed E-state index contributed by atoms with van der Waals surface area (Å²) in [6.07, 6.45) is 2.42. The smallest absolute Gasteiger partial charge is 0.330 e.